The molecule has 0 aromatic heterocycles. The summed E-state index contributed by atoms with van der Waals surface area (Å²) in [7, 11) is 0. The van der Waals surface area contributed by atoms with Crippen molar-refractivity contribution in [1.82, 2.24) is 0 Å². The highest BCUT2D eigenvalue weighted by atomic mass is 16.5. The van der Waals surface area contributed by atoms with Crippen LogP contribution in [0, 0.1) is 12.8 Å². The molecule has 4 atom stereocenters. The van der Waals surface area contributed by atoms with Gasteiger partial charge in [0.1, 0.15) is 23.2 Å². The minimum atomic E-state index is -0.566. The van der Waals surface area contributed by atoms with E-state index in [4.69, 9.17) is 4.74 Å². The number of allylic oxidation sites excluding steroid dienone is 1. The van der Waals surface area contributed by atoms with Crippen molar-refractivity contribution < 1.29 is 14.9 Å². The summed E-state index contributed by atoms with van der Waals surface area (Å²) in [6.45, 7) is 10.1. The Labute approximate surface area is 119 Å². The van der Waals surface area contributed by atoms with E-state index in [1.165, 1.54) is 0 Å². The lowest BCUT2D eigenvalue weighted by atomic mass is 9.63. The predicted molar refractivity (Wildman–Crippen MR) is 78.2 cm³/mol. The second-order valence-electron chi connectivity index (χ2n) is 6.55. The molecule has 0 spiro atoms. The molecule has 3 nitrogen and oxygen atoms in total. The summed E-state index contributed by atoms with van der Waals surface area (Å²) in [5, 5.41) is 20.6. The molecule has 1 fully saturated rings. The fourth-order valence-corrected chi connectivity index (χ4v) is 3.90. The second-order valence-corrected chi connectivity index (χ2v) is 6.55. The van der Waals surface area contributed by atoms with Gasteiger partial charge in [0.05, 0.1) is 0 Å². The first-order chi connectivity index (χ1) is 9.33. The van der Waals surface area contributed by atoms with Gasteiger partial charge in [-0.2, -0.15) is 0 Å². The maximum atomic E-state index is 10.8. The van der Waals surface area contributed by atoms with Gasteiger partial charge in [0.15, 0.2) is 0 Å². The number of aliphatic hydroxyl groups excluding tert-OH is 1. The summed E-state index contributed by atoms with van der Waals surface area (Å²) in [6.07, 6.45) is 1.25. The average molecular weight is 274 g/mol. The molecule has 0 saturated heterocycles. The zero-order valence-electron chi connectivity index (χ0n) is 12.3. The molecule has 1 aliphatic heterocycles. The van der Waals surface area contributed by atoms with Crippen LogP contribution in [0.4, 0.5) is 0 Å². The molecule has 2 N–H and O–H groups in total. The van der Waals surface area contributed by atoms with Crippen LogP contribution in [0.5, 0.6) is 11.5 Å². The third-order valence-electron chi connectivity index (χ3n) is 4.99. The number of benzene rings is 1. The molecule has 1 aromatic carbocycles. The molecule has 2 aliphatic rings. The van der Waals surface area contributed by atoms with Gasteiger partial charge in [-0.15, -0.1) is 0 Å². The third kappa shape index (κ3) is 1.76. The third-order valence-corrected chi connectivity index (χ3v) is 4.99. The summed E-state index contributed by atoms with van der Waals surface area (Å²) in [5.41, 5.74) is 2.54. The minimum absolute atomic E-state index is 0.00981. The van der Waals surface area contributed by atoms with E-state index in [1.807, 2.05) is 20.8 Å². The largest absolute Gasteiger partial charge is 0.508 e. The van der Waals surface area contributed by atoms with Gasteiger partial charge in [0.2, 0.25) is 0 Å². The number of aryl methyl sites for hydroxylation is 1. The van der Waals surface area contributed by atoms with E-state index in [0.29, 0.717) is 5.75 Å². The van der Waals surface area contributed by atoms with Crippen LogP contribution in [0.1, 0.15) is 43.7 Å². The van der Waals surface area contributed by atoms with Crippen molar-refractivity contribution in [2.75, 3.05) is 0 Å². The maximum Gasteiger partial charge on any atom is 0.133 e. The summed E-state index contributed by atoms with van der Waals surface area (Å²) >= 11 is 0. The normalized spacial score (nSPS) is 35.1. The first-order valence-electron chi connectivity index (χ1n) is 7.19. The van der Waals surface area contributed by atoms with E-state index < -0.39 is 11.7 Å². The van der Waals surface area contributed by atoms with E-state index in [0.717, 1.165) is 29.5 Å². The van der Waals surface area contributed by atoms with Crippen molar-refractivity contribution in [2.24, 2.45) is 5.92 Å². The van der Waals surface area contributed by atoms with Crippen LogP contribution in [-0.4, -0.2) is 21.9 Å². The van der Waals surface area contributed by atoms with Crippen molar-refractivity contribution in [3.63, 3.8) is 0 Å². The average Bonchev–Trinajstić information content (AvgIpc) is 2.31. The topological polar surface area (TPSA) is 49.7 Å². The van der Waals surface area contributed by atoms with Crippen molar-refractivity contribution in [2.45, 2.75) is 51.2 Å². The molecule has 2 bridgehead atoms. The Morgan fingerprint density at radius 2 is 2.15 bits per heavy atom. The van der Waals surface area contributed by atoms with E-state index in [-0.39, 0.29) is 17.6 Å². The summed E-state index contributed by atoms with van der Waals surface area (Å²) in [4.78, 5) is 0. The van der Waals surface area contributed by atoms with Gasteiger partial charge in [0, 0.05) is 17.5 Å². The van der Waals surface area contributed by atoms with Gasteiger partial charge < -0.3 is 14.9 Å². The molecule has 0 unspecified atom stereocenters. The number of ether oxygens (including phenoxy) is 1. The van der Waals surface area contributed by atoms with Crippen LogP contribution in [0.15, 0.2) is 24.3 Å². The van der Waals surface area contributed by atoms with Gasteiger partial charge in [-0.05, 0) is 51.2 Å². The molecule has 0 amide bonds. The SMILES string of the molecule is C=C(C)[C@@H]1CC[C@]2(C)Oc3cc(O)cc(C)c3[C@H]1[C@H]2O. The number of fused-ring (bicyclic) bond motifs is 4. The summed E-state index contributed by atoms with van der Waals surface area (Å²) in [5.74, 6) is 1.21. The van der Waals surface area contributed by atoms with Gasteiger partial charge in [0.25, 0.3) is 0 Å². The number of rotatable bonds is 1. The molecule has 3 heteroatoms. The lowest BCUT2D eigenvalue weighted by molar-refractivity contribution is -0.106. The standard InChI is InChI=1S/C17H22O3/c1-9(2)12-5-6-17(4)16(19)15(12)14-10(3)7-11(18)8-13(14)20-17/h7-8,12,15-16,18-19H,1,5-6H2,2-4H3/t12-,15-,16+,17-/m0/s1. The number of aromatic hydroxyl groups is 1. The fourth-order valence-electron chi connectivity index (χ4n) is 3.90. The number of hydrogen-bond donors (Lipinski definition) is 2. The van der Waals surface area contributed by atoms with E-state index in [1.54, 1.807) is 12.1 Å². The first kappa shape index (κ1) is 13.5. The summed E-state index contributed by atoms with van der Waals surface area (Å²) < 4.78 is 6.05. The molecule has 1 aromatic rings. The molecule has 20 heavy (non-hydrogen) atoms. The Balaban J connectivity index is 2.21. The second kappa shape index (κ2) is 4.26. The van der Waals surface area contributed by atoms with Crippen molar-refractivity contribution in [1.29, 1.82) is 0 Å². The van der Waals surface area contributed by atoms with Gasteiger partial charge in [-0.1, -0.05) is 12.2 Å². The van der Waals surface area contributed by atoms with Gasteiger partial charge >= 0.3 is 0 Å². The smallest absolute Gasteiger partial charge is 0.133 e. The molecule has 1 heterocycles. The number of aliphatic hydroxyl groups is 1. The Bertz CT molecular complexity index is 578. The van der Waals surface area contributed by atoms with Crippen LogP contribution in [0.2, 0.25) is 0 Å². The lowest BCUT2D eigenvalue weighted by Gasteiger charge is -2.51. The van der Waals surface area contributed by atoms with E-state index in [9.17, 15) is 10.2 Å². The van der Waals surface area contributed by atoms with Gasteiger partial charge in [-0.3, -0.25) is 0 Å². The molecular weight excluding hydrogens is 252 g/mol. The number of phenolic OH excluding ortho intramolecular Hbond substituents is 1. The Hall–Kier alpha value is -1.48. The van der Waals surface area contributed by atoms with E-state index in [2.05, 4.69) is 6.58 Å². The number of hydrogen-bond acceptors (Lipinski definition) is 3. The maximum absolute atomic E-state index is 10.8. The Kier molecular flexibility index (Phi) is 2.87. The van der Waals surface area contributed by atoms with Crippen molar-refractivity contribution >= 4 is 0 Å². The van der Waals surface area contributed by atoms with E-state index >= 15 is 0 Å². The Morgan fingerprint density at radius 3 is 2.80 bits per heavy atom. The van der Waals surface area contributed by atoms with Gasteiger partial charge in [-0.25, -0.2) is 0 Å². The number of phenols is 1. The molecule has 0 radical (unpaired) electrons. The quantitative estimate of drug-likeness (QED) is 0.773. The zero-order valence-corrected chi connectivity index (χ0v) is 12.3. The van der Waals surface area contributed by atoms with Crippen molar-refractivity contribution in [3.05, 3.63) is 35.4 Å². The molecule has 108 valence electrons. The zero-order chi connectivity index (χ0) is 14.7. The first-order valence-corrected chi connectivity index (χ1v) is 7.19. The molecule has 3 rings (SSSR count). The molecular formula is C17H22O3. The fraction of sp³-hybridized carbons (Fsp3) is 0.529. The van der Waals surface area contributed by atoms with Crippen LogP contribution in [-0.2, 0) is 0 Å². The van der Waals surface area contributed by atoms with Crippen LogP contribution >= 0.6 is 0 Å². The summed E-state index contributed by atoms with van der Waals surface area (Å²) in [6, 6.07) is 3.40. The predicted octanol–water partition coefficient (Wildman–Crippen LogP) is 3.28. The van der Waals surface area contributed by atoms with Crippen LogP contribution in [0.3, 0.4) is 0 Å². The minimum Gasteiger partial charge on any atom is -0.508 e. The van der Waals surface area contributed by atoms with Crippen LogP contribution in [0.25, 0.3) is 0 Å². The highest BCUT2D eigenvalue weighted by Crippen LogP contribution is 2.54. The monoisotopic (exact) mass is 274 g/mol. The lowest BCUT2D eigenvalue weighted by Crippen LogP contribution is -2.56. The molecule has 1 saturated carbocycles. The highest BCUT2D eigenvalue weighted by molar-refractivity contribution is 5.51. The highest BCUT2D eigenvalue weighted by Gasteiger charge is 2.52. The Morgan fingerprint density at radius 1 is 1.45 bits per heavy atom. The molecule has 1 aliphatic carbocycles. The van der Waals surface area contributed by atoms with Crippen LogP contribution < -0.4 is 4.74 Å². The van der Waals surface area contributed by atoms with Crippen molar-refractivity contribution in [3.8, 4) is 11.5 Å².